The highest BCUT2D eigenvalue weighted by Crippen LogP contribution is 2.31. The summed E-state index contributed by atoms with van der Waals surface area (Å²) < 4.78 is 0. The van der Waals surface area contributed by atoms with E-state index >= 15 is 0 Å². The number of piperazine rings is 1. The van der Waals surface area contributed by atoms with Crippen LogP contribution in [0.2, 0.25) is 0 Å². The second-order valence-corrected chi connectivity index (χ2v) is 7.48. The molecule has 1 aliphatic heterocycles. The molecule has 3 rings (SSSR count). The number of carbonyl (C=O) groups is 2. The number of likely N-dealkylation sites (N-methyl/N-ethyl adjacent to an activating group) is 1. The van der Waals surface area contributed by atoms with Gasteiger partial charge in [-0.15, -0.1) is 0 Å². The predicted molar refractivity (Wildman–Crippen MR) is 103 cm³/mol. The van der Waals surface area contributed by atoms with Crippen molar-refractivity contribution in [3.8, 4) is 0 Å². The zero-order valence-corrected chi connectivity index (χ0v) is 16.0. The smallest absolute Gasteiger partial charge is 0.253 e. The van der Waals surface area contributed by atoms with E-state index in [1.165, 1.54) is 18.4 Å². The lowest BCUT2D eigenvalue weighted by Gasteiger charge is -2.40. The third kappa shape index (κ3) is 4.09. The quantitative estimate of drug-likeness (QED) is 0.880. The maximum absolute atomic E-state index is 12.8. The van der Waals surface area contributed by atoms with Crippen molar-refractivity contribution in [1.29, 1.82) is 0 Å². The molecule has 0 spiro atoms. The number of rotatable bonds is 5. The van der Waals surface area contributed by atoms with E-state index in [4.69, 9.17) is 0 Å². The number of hydrogen-bond acceptors (Lipinski definition) is 3. The second kappa shape index (κ2) is 8.67. The largest absolute Gasteiger partial charge is 0.358 e. The summed E-state index contributed by atoms with van der Waals surface area (Å²) in [4.78, 5) is 29.4. The molecule has 1 saturated carbocycles. The molecule has 26 heavy (non-hydrogen) atoms. The Morgan fingerprint density at radius 3 is 2.23 bits per heavy atom. The zero-order valence-electron chi connectivity index (χ0n) is 16.0. The van der Waals surface area contributed by atoms with Gasteiger partial charge in [-0.1, -0.05) is 31.9 Å². The van der Waals surface area contributed by atoms with Crippen LogP contribution < -0.4 is 5.32 Å². The minimum Gasteiger partial charge on any atom is -0.358 e. The third-order valence-corrected chi connectivity index (χ3v) is 5.97. The predicted octanol–water partition coefficient (Wildman–Crippen LogP) is 2.31. The van der Waals surface area contributed by atoms with Gasteiger partial charge < -0.3 is 10.2 Å². The van der Waals surface area contributed by atoms with Gasteiger partial charge in [-0.25, -0.2) is 0 Å². The number of hydrogen-bond donors (Lipinski definition) is 1. The fourth-order valence-corrected chi connectivity index (χ4v) is 4.37. The van der Waals surface area contributed by atoms with E-state index in [9.17, 15) is 9.59 Å². The molecule has 1 aromatic carbocycles. The number of amides is 2. The van der Waals surface area contributed by atoms with Gasteiger partial charge >= 0.3 is 0 Å². The molecule has 1 aliphatic carbocycles. The average molecular weight is 357 g/mol. The molecule has 0 aromatic heterocycles. The molecular formula is C21H31N3O2. The molecule has 0 radical (unpaired) electrons. The monoisotopic (exact) mass is 357 g/mol. The van der Waals surface area contributed by atoms with Crippen molar-refractivity contribution in [3.05, 3.63) is 35.4 Å². The fourth-order valence-electron chi connectivity index (χ4n) is 4.37. The summed E-state index contributed by atoms with van der Waals surface area (Å²) in [5.41, 5.74) is 2.01. The Balaban J connectivity index is 1.61. The van der Waals surface area contributed by atoms with Crippen LogP contribution in [0.25, 0.3) is 0 Å². The first-order valence-corrected chi connectivity index (χ1v) is 9.98. The topological polar surface area (TPSA) is 52.7 Å². The first-order chi connectivity index (χ1) is 12.6. The maximum atomic E-state index is 12.8. The van der Waals surface area contributed by atoms with Crippen molar-refractivity contribution in [1.82, 2.24) is 15.1 Å². The van der Waals surface area contributed by atoms with Crippen LogP contribution in [0.15, 0.2) is 24.3 Å². The normalized spacial score (nSPS) is 20.2. The number of carbonyl (C=O) groups excluding carboxylic acids is 2. The molecule has 1 N–H and O–H groups in total. The summed E-state index contributed by atoms with van der Waals surface area (Å²) in [6.45, 7) is 5.03. The van der Waals surface area contributed by atoms with Crippen molar-refractivity contribution < 1.29 is 9.59 Å². The maximum Gasteiger partial charge on any atom is 0.253 e. The van der Waals surface area contributed by atoms with Gasteiger partial charge in [0.1, 0.15) is 0 Å². The average Bonchev–Trinajstić information content (AvgIpc) is 3.22. The summed E-state index contributed by atoms with van der Waals surface area (Å²) >= 11 is 0. The molecule has 5 heteroatoms. The van der Waals surface area contributed by atoms with E-state index in [-0.39, 0.29) is 17.9 Å². The van der Waals surface area contributed by atoms with Gasteiger partial charge in [-0.2, -0.15) is 0 Å². The summed E-state index contributed by atoms with van der Waals surface area (Å²) in [6, 6.07) is 7.89. The highest BCUT2D eigenvalue weighted by Gasteiger charge is 2.36. The van der Waals surface area contributed by atoms with Crippen molar-refractivity contribution in [2.45, 2.75) is 45.1 Å². The van der Waals surface area contributed by atoms with Crippen LogP contribution in [0.5, 0.6) is 0 Å². The van der Waals surface area contributed by atoms with Crippen molar-refractivity contribution in [3.63, 3.8) is 0 Å². The summed E-state index contributed by atoms with van der Waals surface area (Å²) in [5, 5.41) is 2.85. The van der Waals surface area contributed by atoms with Crippen LogP contribution in [0.3, 0.4) is 0 Å². The van der Waals surface area contributed by atoms with E-state index in [1.54, 1.807) is 7.05 Å². The summed E-state index contributed by atoms with van der Waals surface area (Å²) in [6.07, 6.45) is 5.71. The van der Waals surface area contributed by atoms with Crippen LogP contribution in [-0.2, 0) is 11.2 Å². The molecule has 5 nitrogen and oxygen atoms in total. The van der Waals surface area contributed by atoms with Crippen LogP contribution in [0.4, 0.5) is 0 Å². The van der Waals surface area contributed by atoms with Gasteiger partial charge in [-0.05, 0) is 42.9 Å². The summed E-state index contributed by atoms with van der Waals surface area (Å²) in [5.74, 6) is 0.690. The van der Waals surface area contributed by atoms with Gasteiger partial charge in [-0.3, -0.25) is 14.5 Å². The Hall–Kier alpha value is -1.88. The highest BCUT2D eigenvalue weighted by atomic mass is 16.2. The third-order valence-electron chi connectivity index (χ3n) is 5.97. The van der Waals surface area contributed by atoms with E-state index in [0.717, 1.165) is 37.9 Å². The van der Waals surface area contributed by atoms with Gasteiger partial charge in [0.15, 0.2) is 0 Å². The van der Waals surface area contributed by atoms with E-state index in [1.807, 2.05) is 29.2 Å². The van der Waals surface area contributed by atoms with Crippen LogP contribution >= 0.6 is 0 Å². The summed E-state index contributed by atoms with van der Waals surface area (Å²) in [7, 11) is 1.73. The lowest BCUT2D eigenvalue weighted by atomic mass is 9.95. The number of nitrogens with one attached hydrogen (secondary N) is 1. The fraction of sp³-hybridized carbons (Fsp3) is 0.619. The molecule has 1 heterocycles. The Morgan fingerprint density at radius 2 is 1.69 bits per heavy atom. The van der Waals surface area contributed by atoms with Crippen LogP contribution in [0, 0.1) is 5.92 Å². The van der Waals surface area contributed by atoms with Crippen molar-refractivity contribution in [2.75, 3.05) is 33.2 Å². The van der Waals surface area contributed by atoms with Crippen LogP contribution in [-0.4, -0.2) is 60.9 Å². The molecule has 1 aromatic rings. The van der Waals surface area contributed by atoms with Gasteiger partial charge in [0.25, 0.3) is 5.91 Å². The van der Waals surface area contributed by atoms with E-state index < -0.39 is 0 Å². The van der Waals surface area contributed by atoms with Gasteiger partial charge in [0.05, 0.1) is 6.04 Å². The number of aryl methyl sites for hydroxylation is 1. The minimum absolute atomic E-state index is 0.0383. The Labute approximate surface area is 156 Å². The highest BCUT2D eigenvalue weighted by molar-refractivity contribution is 5.94. The SMILES string of the molecule is CCc1ccc(C(=O)N2CCN([C@H](C(=O)NC)C3CCCC3)CC2)cc1. The first-order valence-electron chi connectivity index (χ1n) is 9.98. The number of nitrogens with zero attached hydrogens (tertiary/aromatic N) is 2. The lowest BCUT2D eigenvalue weighted by molar-refractivity contribution is -0.128. The molecule has 142 valence electrons. The second-order valence-electron chi connectivity index (χ2n) is 7.48. The minimum atomic E-state index is -0.0383. The Bertz CT molecular complexity index is 615. The Morgan fingerprint density at radius 1 is 1.08 bits per heavy atom. The molecule has 2 aliphatic rings. The first kappa shape index (κ1) is 18.9. The lowest BCUT2D eigenvalue weighted by Crippen LogP contribution is -2.57. The molecule has 1 saturated heterocycles. The molecule has 1 atom stereocenters. The molecule has 2 fully saturated rings. The van der Waals surface area contributed by atoms with Gasteiger partial charge in [0, 0.05) is 38.8 Å². The molecular weight excluding hydrogens is 326 g/mol. The van der Waals surface area contributed by atoms with E-state index in [2.05, 4.69) is 17.1 Å². The Kier molecular flexibility index (Phi) is 6.30. The van der Waals surface area contributed by atoms with Crippen molar-refractivity contribution in [2.24, 2.45) is 5.92 Å². The van der Waals surface area contributed by atoms with Crippen LogP contribution in [0.1, 0.15) is 48.5 Å². The molecule has 2 amide bonds. The van der Waals surface area contributed by atoms with Crippen molar-refractivity contribution >= 4 is 11.8 Å². The standard InChI is InChI=1S/C21H31N3O2/c1-3-16-8-10-18(11-9-16)21(26)24-14-12-23(13-15-24)19(20(25)22-2)17-6-4-5-7-17/h8-11,17,19H,3-7,12-15H2,1-2H3,(H,22,25)/t19-/m0/s1. The van der Waals surface area contributed by atoms with E-state index in [0.29, 0.717) is 19.0 Å². The number of benzene rings is 1. The van der Waals surface area contributed by atoms with Gasteiger partial charge in [0.2, 0.25) is 5.91 Å². The zero-order chi connectivity index (χ0) is 18.5. The molecule has 0 bridgehead atoms. The molecule has 0 unspecified atom stereocenters.